The van der Waals surface area contributed by atoms with E-state index < -0.39 is 18.0 Å². The monoisotopic (exact) mass is 338 g/mol. The van der Waals surface area contributed by atoms with Crippen LogP contribution in [0.3, 0.4) is 0 Å². The number of piperidine rings is 1. The van der Waals surface area contributed by atoms with Crippen LogP contribution in [-0.2, 0) is 7.05 Å². The quantitative estimate of drug-likeness (QED) is 0.846. The van der Waals surface area contributed by atoms with Crippen LogP contribution >= 0.6 is 0 Å². The Kier molecular flexibility index (Phi) is 4.29. The standard InChI is InChI=1S/C16H17F3N4O/c1-22-10-13(14(21-22)11-4-2-6-20-8-11)15(24)23-7-3-5-12(9-23)16(17,18)19/h2,4,6,8,10,12H,3,5,7,9H2,1H3/t12-/m0/s1. The van der Waals surface area contributed by atoms with E-state index in [0.717, 1.165) is 0 Å². The first-order chi connectivity index (χ1) is 11.4. The lowest BCUT2D eigenvalue weighted by Crippen LogP contribution is -2.44. The van der Waals surface area contributed by atoms with E-state index in [9.17, 15) is 18.0 Å². The molecule has 3 heterocycles. The molecule has 0 bridgehead atoms. The summed E-state index contributed by atoms with van der Waals surface area (Å²) in [5.41, 5.74) is 1.39. The molecule has 0 spiro atoms. The lowest BCUT2D eigenvalue weighted by atomic mass is 9.96. The summed E-state index contributed by atoms with van der Waals surface area (Å²) in [4.78, 5) is 18.0. The first-order valence-electron chi connectivity index (χ1n) is 7.66. The molecule has 0 aliphatic carbocycles. The number of likely N-dealkylation sites (tertiary alicyclic amines) is 1. The van der Waals surface area contributed by atoms with Crippen molar-refractivity contribution in [2.45, 2.75) is 19.0 Å². The summed E-state index contributed by atoms with van der Waals surface area (Å²) in [5.74, 6) is -1.88. The van der Waals surface area contributed by atoms with Gasteiger partial charge in [0.15, 0.2) is 0 Å². The van der Waals surface area contributed by atoms with E-state index >= 15 is 0 Å². The van der Waals surface area contributed by atoms with Gasteiger partial charge in [-0.2, -0.15) is 18.3 Å². The number of amides is 1. The fourth-order valence-corrected chi connectivity index (χ4v) is 2.96. The predicted octanol–water partition coefficient (Wildman–Crippen LogP) is 2.90. The summed E-state index contributed by atoms with van der Waals surface area (Å²) in [6.07, 6.45) is 0.858. The van der Waals surface area contributed by atoms with Crippen molar-refractivity contribution in [1.29, 1.82) is 0 Å². The molecule has 2 aromatic rings. The molecule has 0 radical (unpaired) electrons. The Bertz CT molecular complexity index is 727. The van der Waals surface area contributed by atoms with Crippen molar-refractivity contribution >= 4 is 5.91 Å². The largest absolute Gasteiger partial charge is 0.393 e. The smallest absolute Gasteiger partial charge is 0.338 e. The number of aryl methyl sites for hydroxylation is 1. The first kappa shape index (κ1) is 16.5. The van der Waals surface area contributed by atoms with Crippen molar-refractivity contribution in [2.75, 3.05) is 13.1 Å². The van der Waals surface area contributed by atoms with Crippen LogP contribution in [0.15, 0.2) is 30.7 Å². The normalized spacial score (nSPS) is 18.7. The van der Waals surface area contributed by atoms with E-state index in [1.165, 1.54) is 9.58 Å². The second-order valence-corrected chi connectivity index (χ2v) is 5.94. The molecule has 1 aliphatic heterocycles. The van der Waals surface area contributed by atoms with E-state index in [4.69, 9.17) is 0 Å². The molecule has 0 aromatic carbocycles. The van der Waals surface area contributed by atoms with Crippen molar-refractivity contribution in [2.24, 2.45) is 13.0 Å². The second kappa shape index (κ2) is 6.26. The molecule has 0 unspecified atom stereocenters. The molecule has 24 heavy (non-hydrogen) atoms. The Labute approximate surface area is 137 Å². The minimum absolute atomic E-state index is 0.0653. The number of aromatic nitrogens is 3. The highest BCUT2D eigenvalue weighted by atomic mass is 19.4. The Morgan fingerprint density at radius 3 is 2.83 bits per heavy atom. The minimum Gasteiger partial charge on any atom is -0.338 e. The summed E-state index contributed by atoms with van der Waals surface area (Å²) < 4.78 is 40.4. The Morgan fingerprint density at radius 1 is 1.38 bits per heavy atom. The molecule has 1 atom stereocenters. The van der Waals surface area contributed by atoms with Gasteiger partial charge in [0.05, 0.1) is 11.5 Å². The van der Waals surface area contributed by atoms with Crippen LogP contribution in [0.1, 0.15) is 23.2 Å². The number of nitrogens with zero attached hydrogens (tertiary/aromatic N) is 4. The second-order valence-electron chi connectivity index (χ2n) is 5.94. The number of halogens is 3. The zero-order valence-corrected chi connectivity index (χ0v) is 13.1. The lowest BCUT2D eigenvalue weighted by Gasteiger charge is -2.33. The maximum absolute atomic E-state index is 13.0. The molecule has 5 nitrogen and oxygen atoms in total. The molecule has 0 saturated carbocycles. The molecule has 1 aliphatic rings. The van der Waals surface area contributed by atoms with Gasteiger partial charge in [0.25, 0.3) is 5.91 Å². The Hall–Kier alpha value is -2.38. The molecule has 128 valence electrons. The van der Waals surface area contributed by atoms with Crippen LogP contribution in [0.25, 0.3) is 11.3 Å². The van der Waals surface area contributed by atoms with Gasteiger partial charge in [-0.1, -0.05) is 0 Å². The van der Waals surface area contributed by atoms with E-state index in [1.54, 1.807) is 37.8 Å². The molecule has 3 rings (SSSR count). The molecule has 8 heteroatoms. The Balaban J connectivity index is 1.88. The van der Waals surface area contributed by atoms with Gasteiger partial charge in [-0.05, 0) is 25.0 Å². The number of hydrogen-bond acceptors (Lipinski definition) is 3. The van der Waals surface area contributed by atoms with Gasteiger partial charge in [0.2, 0.25) is 0 Å². The van der Waals surface area contributed by atoms with Crippen LogP contribution in [0, 0.1) is 5.92 Å². The van der Waals surface area contributed by atoms with Gasteiger partial charge in [-0.3, -0.25) is 14.5 Å². The molecule has 0 N–H and O–H groups in total. The summed E-state index contributed by atoms with van der Waals surface area (Å²) in [6.45, 7) is 0.0243. The van der Waals surface area contributed by atoms with E-state index in [0.29, 0.717) is 29.8 Å². The van der Waals surface area contributed by atoms with Crippen molar-refractivity contribution < 1.29 is 18.0 Å². The van der Waals surface area contributed by atoms with E-state index in [-0.39, 0.29) is 13.0 Å². The maximum Gasteiger partial charge on any atom is 0.393 e. The third kappa shape index (κ3) is 3.27. The SMILES string of the molecule is Cn1cc(C(=O)N2CCC[C@H](C(F)(F)F)C2)c(-c2cccnc2)n1. The molecule has 2 aromatic heterocycles. The molecule has 1 amide bonds. The number of hydrogen-bond donors (Lipinski definition) is 0. The fraction of sp³-hybridized carbons (Fsp3) is 0.438. The minimum atomic E-state index is -4.28. The zero-order chi connectivity index (χ0) is 17.3. The summed E-state index contributed by atoms with van der Waals surface area (Å²) >= 11 is 0. The van der Waals surface area contributed by atoms with Crippen LogP contribution in [0.4, 0.5) is 13.2 Å². The first-order valence-corrected chi connectivity index (χ1v) is 7.66. The average molecular weight is 338 g/mol. The van der Waals surface area contributed by atoms with Crippen LogP contribution in [0.2, 0.25) is 0 Å². The molecule has 1 saturated heterocycles. The van der Waals surface area contributed by atoms with Crippen LogP contribution in [-0.4, -0.2) is 44.8 Å². The fourth-order valence-electron chi connectivity index (χ4n) is 2.96. The van der Waals surface area contributed by atoms with Crippen molar-refractivity contribution in [1.82, 2.24) is 19.7 Å². The molecular weight excluding hydrogens is 321 g/mol. The summed E-state index contributed by atoms with van der Waals surface area (Å²) in [6, 6.07) is 3.49. The topological polar surface area (TPSA) is 51.0 Å². The molecule has 1 fully saturated rings. The highest BCUT2D eigenvalue weighted by Gasteiger charge is 2.43. The van der Waals surface area contributed by atoms with Gasteiger partial charge < -0.3 is 4.90 Å². The number of pyridine rings is 1. The number of carbonyl (C=O) groups excluding carboxylic acids is 1. The highest BCUT2D eigenvalue weighted by Crippen LogP contribution is 2.34. The third-order valence-corrected chi connectivity index (χ3v) is 4.17. The van der Waals surface area contributed by atoms with Crippen molar-refractivity contribution in [3.05, 3.63) is 36.3 Å². The van der Waals surface area contributed by atoms with Crippen LogP contribution < -0.4 is 0 Å². The Morgan fingerprint density at radius 2 is 2.17 bits per heavy atom. The number of rotatable bonds is 2. The van der Waals surface area contributed by atoms with Crippen molar-refractivity contribution in [3.8, 4) is 11.3 Å². The summed E-state index contributed by atoms with van der Waals surface area (Å²) in [5, 5.41) is 4.27. The zero-order valence-electron chi connectivity index (χ0n) is 13.1. The van der Waals surface area contributed by atoms with Gasteiger partial charge in [0, 0.05) is 44.3 Å². The highest BCUT2D eigenvalue weighted by molar-refractivity contribution is 5.99. The number of carbonyl (C=O) groups is 1. The predicted molar refractivity (Wildman–Crippen MR) is 81.1 cm³/mol. The lowest BCUT2D eigenvalue weighted by molar-refractivity contribution is -0.184. The average Bonchev–Trinajstić information content (AvgIpc) is 2.96. The van der Waals surface area contributed by atoms with Crippen LogP contribution in [0.5, 0.6) is 0 Å². The van der Waals surface area contributed by atoms with Crippen molar-refractivity contribution in [3.63, 3.8) is 0 Å². The van der Waals surface area contributed by atoms with Gasteiger partial charge in [-0.15, -0.1) is 0 Å². The van der Waals surface area contributed by atoms with E-state index in [1.807, 2.05) is 0 Å². The number of alkyl halides is 3. The molecular formula is C16H17F3N4O. The van der Waals surface area contributed by atoms with Gasteiger partial charge in [-0.25, -0.2) is 0 Å². The summed E-state index contributed by atoms with van der Waals surface area (Å²) in [7, 11) is 1.67. The maximum atomic E-state index is 13.0. The van der Waals surface area contributed by atoms with Gasteiger partial charge >= 0.3 is 6.18 Å². The van der Waals surface area contributed by atoms with Gasteiger partial charge in [0.1, 0.15) is 5.69 Å². The van der Waals surface area contributed by atoms with E-state index in [2.05, 4.69) is 10.1 Å². The third-order valence-electron chi connectivity index (χ3n) is 4.17.